The predicted octanol–water partition coefficient (Wildman–Crippen LogP) is 1.78. The minimum atomic E-state index is 0.307. The molecule has 0 saturated carbocycles. The van der Waals surface area contributed by atoms with Gasteiger partial charge in [-0.25, -0.2) is 5.41 Å². The second-order valence-electron chi connectivity index (χ2n) is 1.73. The highest BCUT2D eigenvalue weighted by Gasteiger charge is 1.83. The summed E-state index contributed by atoms with van der Waals surface area (Å²) in [6.07, 6.45) is 2.94. The van der Waals surface area contributed by atoms with E-state index in [2.05, 4.69) is 19.1 Å². The van der Waals surface area contributed by atoms with Gasteiger partial charge < -0.3 is 5.73 Å². The Morgan fingerprint density at radius 2 is 2.10 bits per heavy atom. The number of nitrogens with two attached hydrogens (primary N) is 1. The molecule has 0 aromatic rings. The smallest absolute Gasteiger partial charge is 0.0905 e. The Morgan fingerprint density at radius 3 is 2.20 bits per heavy atom. The number of unbranched alkanes of at least 4 members (excludes halogenated alkanes) is 1. The molecule has 0 saturated heterocycles. The number of amidine groups is 1. The van der Waals surface area contributed by atoms with E-state index in [9.17, 15) is 0 Å². The highest BCUT2D eigenvalue weighted by Crippen LogP contribution is 1.90. The van der Waals surface area contributed by atoms with E-state index >= 15 is 0 Å². The highest BCUT2D eigenvalue weighted by atomic mass is 32.1. The van der Waals surface area contributed by atoms with E-state index in [4.69, 9.17) is 16.6 Å². The third kappa shape index (κ3) is 26.7. The predicted molar refractivity (Wildman–Crippen MR) is 46.8 cm³/mol. The summed E-state index contributed by atoms with van der Waals surface area (Å²) in [5, 5.41) is 14.1. The Kier molecular flexibility index (Phi) is 13.3. The number of hydrogen-bond acceptors (Lipinski definition) is 3. The van der Waals surface area contributed by atoms with Crippen molar-refractivity contribution in [2.75, 3.05) is 0 Å². The lowest BCUT2D eigenvalue weighted by molar-refractivity contribution is 0.828. The van der Waals surface area contributed by atoms with Crippen LogP contribution in [0.25, 0.3) is 0 Å². The Labute approximate surface area is 66.6 Å². The van der Waals surface area contributed by atoms with Gasteiger partial charge in [0, 0.05) is 6.42 Å². The van der Waals surface area contributed by atoms with Gasteiger partial charge in [-0.3, -0.25) is 5.41 Å². The molecule has 10 heavy (non-hydrogen) atoms. The van der Waals surface area contributed by atoms with Crippen molar-refractivity contribution in [3.63, 3.8) is 0 Å². The SMILES string of the molecule is CCCCC(=N)N.N=C=S. The molecule has 0 heterocycles. The van der Waals surface area contributed by atoms with Crippen LogP contribution >= 0.6 is 12.2 Å². The lowest BCUT2D eigenvalue weighted by Crippen LogP contribution is -2.07. The molecular formula is C6H13N3S. The first-order chi connectivity index (χ1) is 4.68. The molecule has 58 valence electrons. The van der Waals surface area contributed by atoms with Gasteiger partial charge in [-0.2, -0.15) is 0 Å². The number of hydrogen-bond donors (Lipinski definition) is 3. The maximum Gasteiger partial charge on any atom is 0.0905 e. The van der Waals surface area contributed by atoms with Crippen molar-refractivity contribution < 1.29 is 0 Å². The highest BCUT2D eigenvalue weighted by molar-refractivity contribution is 7.78. The van der Waals surface area contributed by atoms with Crippen LogP contribution in [0, 0.1) is 10.8 Å². The summed E-state index contributed by atoms with van der Waals surface area (Å²) in [7, 11) is 0. The van der Waals surface area contributed by atoms with Crippen molar-refractivity contribution in [1.82, 2.24) is 0 Å². The van der Waals surface area contributed by atoms with Crippen LogP contribution in [0.3, 0.4) is 0 Å². The summed E-state index contributed by atoms with van der Waals surface area (Å²) in [5.74, 6) is 0.307. The molecule has 0 radical (unpaired) electrons. The second-order valence-corrected chi connectivity index (χ2v) is 1.93. The topological polar surface area (TPSA) is 73.7 Å². The quantitative estimate of drug-likeness (QED) is 0.333. The van der Waals surface area contributed by atoms with Gasteiger partial charge in [0.2, 0.25) is 0 Å². The Balaban J connectivity index is 0. The van der Waals surface area contributed by atoms with Crippen LogP contribution in [0.5, 0.6) is 0 Å². The monoisotopic (exact) mass is 159 g/mol. The maximum absolute atomic E-state index is 6.78. The first kappa shape index (κ1) is 12.0. The summed E-state index contributed by atoms with van der Waals surface area (Å²) in [6, 6.07) is 0. The van der Waals surface area contributed by atoms with E-state index in [1.165, 1.54) is 0 Å². The average Bonchev–Trinajstić information content (AvgIpc) is 1.85. The molecule has 4 heteroatoms. The van der Waals surface area contributed by atoms with Crippen LogP contribution in [0.15, 0.2) is 0 Å². The van der Waals surface area contributed by atoms with Crippen molar-refractivity contribution >= 4 is 23.2 Å². The van der Waals surface area contributed by atoms with Gasteiger partial charge in [0.05, 0.1) is 11.0 Å². The van der Waals surface area contributed by atoms with Gasteiger partial charge >= 0.3 is 0 Å². The zero-order valence-electron chi connectivity index (χ0n) is 6.11. The molecule has 0 aliphatic rings. The van der Waals surface area contributed by atoms with Crippen molar-refractivity contribution in [2.45, 2.75) is 26.2 Å². The van der Waals surface area contributed by atoms with Crippen LogP contribution in [0.2, 0.25) is 0 Å². The molecule has 0 aliphatic heterocycles. The van der Waals surface area contributed by atoms with E-state index in [1.807, 2.05) is 0 Å². The van der Waals surface area contributed by atoms with E-state index in [-0.39, 0.29) is 0 Å². The average molecular weight is 159 g/mol. The van der Waals surface area contributed by atoms with Crippen molar-refractivity contribution in [1.29, 1.82) is 10.8 Å². The minimum Gasteiger partial charge on any atom is -0.388 e. The Bertz CT molecular complexity index is 116. The molecule has 0 bridgehead atoms. The molecule has 0 fully saturated rings. The van der Waals surface area contributed by atoms with Gasteiger partial charge in [0.25, 0.3) is 0 Å². The van der Waals surface area contributed by atoms with Gasteiger partial charge in [0.1, 0.15) is 0 Å². The van der Waals surface area contributed by atoms with Crippen LogP contribution in [0.4, 0.5) is 0 Å². The third-order valence-electron chi connectivity index (χ3n) is 0.800. The first-order valence-corrected chi connectivity index (χ1v) is 3.46. The third-order valence-corrected chi connectivity index (χ3v) is 0.800. The summed E-state index contributed by atoms with van der Waals surface area (Å²) in [4.78, 5) is 0. The molecular weight excluding hydrogens is 146 g/mol. The van der Waals surface area contributed by atoms with Crippen LogP contribution in [0.1, 0.15) is 26.2 Å². The summed E-state index contributed by atoms with van der Waals surface area (Å²) in [5.41, 5.74) is 5.06. The summed E-state index contributed by atoms with van der Waals surface area (Å²) in [6.45, 7) is 2.09. The van der Waals surface area contributed by atoms with Crippen molar-refractivity contribution in [3.8, 4) is 0 Å². The van der Waals surface area contributed by atoms with Crippen LogP contribution < -0.4 is 5.73 Å². The van der Waals surface area contributed by atoms with E-state index in [0.29, 0.717) is 5.84 Å². The molecule has 4 N–H and O–H groups in total. The molecule has 3 nitrogen and oxygen atoms in total. The molecule has 0 spiro atoms. The summed E-state index contributed by atoms with van der Waals surface area (Å²) >= 11 is 3.81. The zero-order valence-corrected chi connectivity index (χ0v) is 6.92. The van der Waals surface area contributed by atoms with Crippen LogP contribution in [-0.4, -0.2) is 11.0 Å². The van der Waals surface area contributed by atoms with Gasteiger partial charge in [-0.1, -0.05) is 13.3 Å². The van der Waals surface area contributed by atoms with Gasteiger partial charge in [-0.15, -0.1) is 0 Å². The fourth-order valence-electron chi connectivity index (χ4n) is 0.367. The standard InChI is InChI=1S/C5H12N2.CHNS/c1-2-3-4-5(6)7;2-1-3/h2-4H2,1H3,(H3,6,7);2H. The Hall–Kier alpha value is -0.730. The summed E-state index contributed by atoms with van der Waals surface area (Å²) < 4.78 is 0. The Morgan fingerprint density at radius 1 is 1.70 bits per heavy atom. The molecule has 0 unspecified atom stereocenters. The number of thiocarbonyl (C=S) groups is 1. The minimum absolute atomic E-state index is 0.307. The van der Waals surface area contributed by atoms with E-state index in [0.717, 1.165) is 19.3 Å². The van der Waals surface area contributed by atoms with E-state index < -0.39 is 0 Å². The van der Waals surface area contributed by atoms with Crippen LogP contribution in [-0.2, 0) is 0 Å². The first-order valence-electron chi connectivity index (χ1n) is 3.05. The fourth-order valence-corrected chi connectivity index (χ4v) is 0.367. The zero-order chi connectivity index (χ0) is 8.41. The lowest BCUT2D eigenvalue weighted by atomic mass is 10.2. The van der Waals surface area contributed by atoms with Gasteiger partial charge in [0.15, 0.2) is 0 Å². The lowest BCUT2D eigenvalue weighted by Gasteiger charge is -1.90. The molecule has 0 amide bonds. The normalized spacial score (nSPS) is 6.90. The largest absolute Gasteiger partial charge is 0.388 e. The molecule has 0 rings (SSSR count). The second kappa shape index (κ2) is 11.1. The molecule has 0 atom stereocenters. The van der Waals surface area contributed by atoms with Gasteiger partial charge in [-0.05, 0) is 18.6 Å². The molecule has 0 aromatic carbocycles. The number of nitrogens with one attached hydrogen (secondary N) is 2. The number of isothiocyanates is 1. The molecule has 0 aliphatic carbocycles. The maximum atomic E-state index is 6.78. The van der Waals surface area contributed by atoms with Crippen molar-refractivity contribution in [2.24, 2.45) is 5.73 Å². The van der Waals surface area contributed by atoms with Crippen molar-refractivity contribution in [3.05, 3.63) is 0 Å². The fraction of sp³-hybridized carbons (Fsp3) is 0.667. The number of rotatable bonds is 3. The van der Waals surface area contributed by atoms with E-state index in [1.54, 1.807) is 5.16 Å². The molecule has 0 aromatic heterocycles.